The smallest absolute Gasteiger partial charge is 0.122 e. The molecule has 2 rings (SSSR count). The Morgan fingerprint density at radius 3 is 3.00 bits per heavy atom. The van der Waals surface area contributed by atoms with Crippen LogP contribution in [0, 0.1) is 0 Å². The van der Waals surface area contributed by atoms with Gasteiger partial charge in [0.1, 0.15) is 5.76 Å². The molecule has 1 N–H and O–H groups in total. The molecule has 90 valence electrons. The molecule has 0 aromatic carbocycles. The van der Waals surface area contributed by atoms with Gasteiger partial charge in [0, 0.05) is 36.7 Å². The lowest BCUT2D eigenvalue weighted by molar-refractivity contribution is 0.266. The Kier molecular flexibility index (Phi) is 4.75. The lowest BCUT2D eigenvalue weighted by atomic mass is 10.2. The number of thioether (sulfide) groups is 1. The third-order valence-electron chi connectivity index (χ3n) is 2.87. The summed E-state index contributed by atoms with van der Waals surface area (Å²) in [6, 6.07) is 2.08. The molecule has 0 spiro atoms. The Hall–Kier alpha value is -0.450. The minimum atomic E-state index is 0.922. The summed E-state index contributed by atoms with van der Waals surface area (Å²) in [5.74, 6) is 3.64. The van der Waals surface area contributed by atoms with Gasteiger partial charge in [-0.25, -0.2) is 0 Å². The first kappa shape index (κ1) is 12.0. The van der Waals surface area contributed by atoms with E-state index in [1.807, 2.05) is 11.8 Å². The van der Waals surface area contributed by atoms with E-state index in [1.165, 1.54) is 30.2 Å². The molecule has 0 amide bonds. The van der Waals surface area contributed by atoms with Gasteiger partial charge in [-0.15, -0.1) is 0 Å². The molecule has 1 fully saturated rings. The molecule has 16 heavy (non-hydrogen) atoms. The van der Waals surface area contributed by atoms with Crippen molar-refractivity contribution in [3.05, 3.63) is 23.7 Å². The fourth-order valence-corrected chi connectivity index (χ4v) is 2.86. The maximum Gasteiger partial charge on any atom is 0.122 e. The van der Waals surface area contributed by atoms with Crippen molar-refractivity contribution in [2.45, 2.75) is 20.0 Å². The van der Waals surface area contributed by atoms with Crippen LogP contribution in [-0.2, 0) is 13.1 Å². The molecular weight excluding hydrogens is 220 g/mol. The summed E-state index contributed by atoms with van der Waals surface area (Å²) >= 11 is 2.04. The zero-order valence-corrected chi connectivity index (χ0v) is 10.7. The average Bonchev–Trinajstić information content (AvgIpc) is 2.75. The van der Waals surface area contributed by atoms with Gasteiger partial charge in [-0.05, 0) is 12.6 Å². The van der Waals surface area contributed by atoms with Crippen LogP contribution < -0.4 is 5.32 Å². The molecule has 0 bridgehead atoms. The fourth-order valence-electron chi connectivity index (χ4n) is 1.89. The van der Waals surface area contributed by atoms with Crippen molar-refractivity contribution in [1.29, 1.82) is 0 Å². The topological polar surface area (TPSA) is 28.4 Å². The number of nitrogens with one attached hydrogen (secondary N) is 1. The van der Waals surface area contributed by atoms with Gasteiger partial charge in [-0.2, -0.15) is 11.8 Å². The first-order valence-electron chi connectivity index (χ1n) is 5.96. The minimum absolute atomic E-state index is 0.922. The molecule has 3 nitrogen and oxygen atoms in total. The maximum absolute atomic E-state index is 5.58. The second-order valence-corrected chi connectivity index (χ2v) is 5.26. The van der Waals surface area contributed by atoms with Crippen molar-refractivity contribution in [2.75, 3.05) is 31.1 Å². The first-order chi connectivity index (χ1) is 7.90. The Bertz CT molecular complexity index is 308. The van der Waals surface area contributed by atoms with Crippen LogP contribution in [0.25, 0.3) is 0 Å². The lowest BCUT2D eigenvalue weighted by Gasteiger charge is -2.25. The Balaban J connectivity index is 1.89. The third kappa shape index (κ3) is 3.27. The van der Waals surface area contributed by atoms with E-state index in [9.17, 15) is 0 Å². The number of hydrogen-bond acceptors (Lipinski definition) is 4. The van der Waals surface area contributed by atoms with Crippen LogP contribution in [0.4, 0.5) is 0 Å². The van der Waals surface area contributed by atoms with Gasteiger partial charge >= 0.3 is 0 Å². The van der Waals surface area contributed by atoms with Crippen LogP contribution in [0.15, 0.2) is 16.7 Å². The predicted octanol–water partition coefficient (Wildman–Crippen LogP) is 1.94. The van der Waals surface area contributed by atoms with Gasteiger partial charge in [0.25, 0.3) is 0 Å². The van der Waals surface area contributed by atoms with Crippen molar-refractivity contribution >= 4 is 11.8 Å². The van der Waals surface area contributed by atoms with E-state index in [2.05, 4.69) is 23.2 Å². The molecule has 1 aromatic heterocycles. The summed E-state index contributed by atoms with van der Waals surface area (Å²) in [7, 11) is 0. The van der Waals surface area contributed by atoms with Crippen LogP contribution in [-0.4, -0.2) is 36.0 Å². The van der Waals surface area contributed by atoms with Crippen molar-refractivity contribution < 1.29 is 4.42 Å². The summed E-state index contributed by atoms with van der Waals surface area (Å²) in [5.41, 5.74) is 1.31. The van der Waals surface area contributed by atoms with E-state index in [-0.39, 0.29) is 0 Å². The zero-order chi connectivity index (χ0) is 11.2. The van der Waals surface area contributed by atoms with E-state index in [1.54, 1.807) is 6.26 Å². The van der Waals surface area contributed by atoms with E-state index >= 15 is 0 Å². The van der Waals surface area contributed by atoms with E-state index < -0.39 is 0 Å². The van der Waals surface area contributed by atoms with Gasteiger partial charge in [-0.3, -0.25) is 4.90 Å². The molecule has 1 aliphatic rings. The van der Waals surface area contributed by atoms with Gasteiger partial charge in [0.05, 0.1) is 12.8 Å². The molecule has 1 saturated heterocycles. The summed E-state index contributed by atoms with van der Waals surface area (Å²) in [6.07, 6.45) is 1.81. The minimum Gasteiger partial charge on any atom is -0.468 e. The third-order valence-corrected chi connectivity index (χ3v) is 3.82. The Morgan fingerprint density at radius 2 is 2.25 bits per heavy atom. The second-order valence-electron chi connectivity index (χ2n) is 4.04. The molecule has 0 radical (unpaired) electrons. The monoisotopic (exact) mass is 240 g/mol. The summed E-state index contributed by atoms with van der Waals surface area (Å²) in [5, 5.41) is 3.35. The van der Waals surface area contributed by atoms with E-state index in [0.717, 1.165) is 25.4 Å². The van der Waals surface area contributed by atoms with Crippen LogP contribution in [0.5, 0.6) is 0 Å². The largest absolute Gasteiger partial charge is 0.468 e. The van der Waals surface area contributed by atoms with Crippen LogP contribution in [0.3, 0.4) is 0 Å². The maximum atomic E-state index is 5.58. The highest BCUT2D eigenvalue weighted by molar-refractivity contribution is 7.99. The van der Waals surface area contributed by atoms with Gasteiger partial charge in [0.15, 0.2) is 0 Å². The average molecular weight is 240 g/mol. The second kappa shape index (κ2) is 6.33. The van der Waals surface area contributed by atoms with Crippen molar-refractivity contribution in [3.63, 3.8) is 0 Å². The lowest BCUT2D eigenvalue weighted by Crippen LogP contribution is -2.32. The molecule has 0 aliphatic carbocycles. The van der Waals surface area contributed by atoms with Crippen LogP contribution >= 0.6 is 11.8 Å². The molecule has 0 unspecified atom stereocenters. The Labute approximate surface area is 102 Å². The van der Waals surface area contributed by atoms with E-state index in [4.69, 9.17) is 4.42 Å². The van der Waals surface area contributed by atoms with E-state index in [0.29, 0.717) is 0 Å². The van der Waals surface area contributed by atoms with Gasteiger partial charge in [0.2, 0.25) is 0 Å². The normalized spacial score (nSPS) is 17.8. The van der Waals surface area contributed by atoms with Crippen molar-refractivity contribution in [3.8, 4) is 0 Å². The van der Waals surface area contributed by atoms with Gasteiger partial charge < -0.3 is 9.73 Å². The van der Waals surface area contributed by atoms with Crippen LogP contribution in [0.1, 0.15) is 18.2 Å². The first-order valence-corrected chi connectivity index (χ1v) is 7.11. The Morgan fingerprint density at radius 1 is 1.44 bits per heavy atom. The molecule has 1 aromatic rings. The standard InChI is InChI=1S/C12H20N2OS/c1-2-13-9-11-3-6-15-12(11)10-14-4-7-16-8-5-14/h3,6,13H,2,4-5,7-10H2,1H3. The number of nitrogens with zero attached hydrogens (tertiary/aromatic N) is 1. The highest BCUT2D eigenvalue weighted by atomic mass is 32.2. The molecule has 4 heteroatoms. The summed E-state index contributed by atoms with van der Waals surface area (Å²) in [6.45, 7) is 7.39. The van der Waals surface area contributed by atoms with Gasteiger partial charge in [-0.1, -0.05) is 6.92 Å². The predicted molar refractivity (Wildman–Crippen MR) is 68.7 cm³/mol. The van der Waals surface area contributed by atoms with Crippen molar-refractivity contribution in [2.24, 2.45) is 0 Å². The zero-order valence-electron chi connectivity index (χ0n) is 9.87. The highest BCUT2D eigenvalue weighted by Crippen LogP contribution is 2.16. The SMILES string of the molecule is CCNCc1ccoc1CN1CCSCC1. The quantitative estimate of drug-likeness (QED) is 0.851. The molecule has 0 saturated carbocycles. The molecule has 0 atom stereocenters. The molecular formula is C12H20N2OS. The summed E-state index contributed by atoms with van der Waals surface area (Å²) < 4.78 is 5.58. The highest BCUT2D eigenvalue weighted by Gasteiger charge is 2.14. The number of hydrogen-bond donors (Lipinski definition) is 1. The van der Waals surface area contributed by atoms with Crippen molar-refractivity contribution in [1.82, 2.24) is 10.2 Å². The number of furan rings is 1. The fraction of sp³-hybridized carbons (Fsp3) is 0.667. The molecule has 2 heterocycles. The molecule has 1 aliphatic heterocycles. The number of rotatable bonds is 5. The van der Waals surface area contributed by atoms with Crippen LogP contribution in [0.2, 0.25) is 0 Å². The summed E-state index contributed by atoms with van der Waals surface area (Å²) in [4.78, 5) is 2.48.